The number of hydrogen-bond donors (Lipinski definition) is 1. The number of halogens is 1. The van der Waals surface area contributed by atoms with Crippen LogP contribution in [0.3, 0.4) is 0 Å². The van der Waals surface area contributed by atoms with Gasteiger partial charge in [0, 0.05) is 22.0 Å². The molecule has 1 heterocycles. The second kappa shape index (κ2) is 7.42. The van der Waals surface area contributed by atoms with Gasteiger partial charge in [-0.1, -0.05) is 17.7 Å². The predicted octanol–water partition coefficient (Wildman–Crippen LogP) is 4.20. The fourth-order valence-corrected chi connectivity index (χ4v) is 2.92. The number of aromatic nitrogens is 2. The highest BCUT2D eigenvalue weighted by Crippen LogP contribution is 2.20. The van der Waals surface area contributed by atoms with Crippen molar-refractivity contribution >= 4 is 23.2 Å². The van der Waals surface area contributed by atoms with E-state index in [9.17, 15) is 4.79 Å². The Morgan fingerprint density at radius 2 is 1.96 bits per heavy atom. The first-order valence-corrected chi connectivity index (χ1v) is 8.47. The maximum atomic E-state index is 12.4. The maximum absolute atomic E-state index is 12.4. The summed E-state index contributed by atoms with van der Waals surface area (Å²) in [7, 11) is 0. The fourth-order valence-electron chi connectivity index (χ4n) is 2.80. The second-order valence-electron chi connectivity index (χ2n) is 5.96. The Morgan fingerprint density at radius 1 is 1.23 bits per heavy atom. The summed E-state index contributed by atoms with van der Waals surface area (Å²) < 4.78 is 1.81. The molecular weight excluding hydrogens is 348 g/mol. The molecule has 0 aliphatic heterocycles. The molecule has 0 saturated heterocycles. The van der Waals surface area contributed by atoms with E-state index in [1.165, 1.54) is 0 Å². The van der Waals surface area contributed by atoms with Crippen LogP contribution in [0.1, 0.15) is 22.5 Å². The molecule has 2 aromatic carbocycles. The Kier molecular flexibility index (Phi) is 5.06. The highest BCUT2D eigenvalue weighted by Gasteiger charge is 2.16. The molecule has 0 saturated carbocycles. The lowest BCUT2D eigenvalue weighted by molar-refractivity contribution is -0.115. The molecule has 3 aromatic rings. The molecule has 6 heteroatoms. The SMILES string of the molecule is Cc1nn(-c2ccc(Cl)cc2)c(C)c1CC(=O)Nc1cccc(C#N)c1. The van der Waals surface area contributed by atoms with Gasteiger partial charge < -0.3 is 5.32 Å². The molecule has 0 spiro atoms. The number of carbonyl (C=O) groups is 1. The molecule has 0 unspecified atom stereocenters. The zero-order valence-electron chi connectivity index (χ0n) is 14.5. The van der Waals surface area contributed by atoms with Crippen molar-refractivity contribution in [3.8, 4) is 11.8 Å². The zero-order valence-corrected chi connectivity index (χ0v) is 15.2. The van der Waals surface area contributed by atoms with E-state index >= 15 is 0 Å². The van der Waals surface area contributed by atoms with E-state index in [1.54, 1.807) is 24.3 Å². The van der Waals surface area contributed by atoms with Crippen LogP contribution in [0.25, 0.3) is 5.69 Å². The van der Waals surface area contributed by atoms with Crippen LogP contribution in [0.4, 0.5) is 5.69 Å². The van der Waals surface area contributed by atoms with Gasteiger partial charge >= 0.3 is 0 Å². The molecule has 26 heavy (non-hydrogen) atoms. The van der Waals surface area contributed by atoms with Crippen LogP contribution >= 0.6 is 11.6 Å². The van der Waals surface area contributed by atoms with Crippen LogP contribution < -0.4 is 5.32 Å². The fraction of sp³-hybridized carbons (Fsp3) is 0.150. The van der Waals surface area contributed by atoms with Crippen molar-refractivity contribution in [2.75, 3.05) is 5.32 Å². The first-order chi connectivity index (χ1) is 12.5. The predicted molar refractivity (Wildman–Crippen MR) is 102 cm³/mol. The van der Waals surface area contributed by atoms with E-state index < -0.39 is 0 Å². The number of nitrogens with zero attached hydrogens (tertiary/aromatic N) is 3. The molecule has 1 aromatic heterocycles. The Labute approximate surface area is 156 Å². The summed E-state index contributed by atoms with van der Waals surface area (Å²) in [4.78, 5) is 12.4. The Balaban J connectivity index is 1.80. The van der Waals surface area contributed by atoms with E-state index in [2.05, 4.69) is 16.5 Å². The number of carbonyl (C=O) groups excluding carboxylic acids is 1. The smallest absolute Gasteiger partial charge is 0.228 e. The lowest BCUT2D eigenvalue weighted by Crippen LogP contribution is -2.15. The first kappa shape index (κ1) is 17.7. The molecule has 0 bridgehead atoms. The van der Waals surface area contributed by atoms with Crippen LogP contribution in [0, 0.1) is 25.2 Å². The van der Waals surface area contributed by atoms with Crippen molar-refractivity contribution in [2.24, 2.45) is 0 Å². The summed E-state index contributed by atoms with van der Waals surface area (Å²) in [6, 6.07) is 16.3. The van der Waals surface area contributed by atoms with Gasteiger partial charge in [-0.25, -0.2) is 4.68 Å². The second-order valence-corrected chi connectivity index (χ2v) is 6.39. The van der Waals surface area contributed by atoms with Gasteiger partial charge in [0.25, 0.3) is 0 Å². The molecule has 1 amide bonds. The summed E-state index contributed by atoms with van der Waals surface area (Å²) in [6.07, 6.45) is 0.210. The number of rotatable bonds is 4. The van der Waals surface area contributed by atoms with Crippen molar-refractivity contribution < 1.29 is 4.79 Å². The van der Waals surface area contributed by atoms with Gasteiger partial charge in [-0.2, -0.15) is 10.4 Å². The van der Waals surface area contributed by atoms with Crippen molar-refractivity contribution in [3.63, 3.8) is 0 Å². The molecular formula is C20H17ClN4O. The molecule has 1 N–H and O–H groups in total. The van der Waals surface area contributed by atoms with Gasteiger partial charge in [0.1, 0.15) is 0 Å². The largest absolute Gasteiger partial charge is 0.326 e. The van der Waals surface area contributed by atoms with Crippen molar-refractivity contribution in [3.05, 3.63) is 76.1 Å². The van der Waals surface area contributed by atoms with E-state index in [-0.39, 0.29) is 12.3 Å². The lowest BCUT2D eigenvalue weighted by atomic mass is 10.1. The number of nitrogens with one attached hydrogen (secondary N) is 1. The summed E-state index contributed by atoms with van der Waals surface area (Å²) in [5.74, 6) is -0.151. The van der Waals surface area contributed by atoms with Gasteiger partial charge in [0.05, 0.1) is 29.4 Å². The minimum absolute atomic E-state index is 0.151. The van der Waals surface area contributed by atoms with Gasteiger partial charge in [-0.15, -0.1) is 0 Å². The minimum atomic E-state index is -0.151. The van der Waals surface area contributed by atoms with Gasteiger partial charge in [-0.05, 0) is 56.3 Å². The number of aryl methyl sites for hydroxylation is 1. The van der Waals surface area contributed by atoms with E-state index in [0.717, 1.165) is 22.6 Å². The molecule has 0 radical (unpaired) electrons. The molecule has 0 aliphatic rings. The molecule has 0 fully saturated rings. The number of benzene rings is 2. The molecule has 0 atom stereocenters. The van der Waals surface area contributed by atoms with Crippen LogP contribution in [0.5, 0.6) is 0 Å². The Hall–Kier alpha value is -3.10. The molecule has 3 rings (SSSR count). The normalized spacial score (nSPS) is 10.4. The van der Waals surface area contributed by atoms with Crippen LogP contribution in [-0.4, -0.2) is 15.7 Å². The van der Waals surface area contributed by atoms with Crippen molar-refractivity contribution in [1.82, 2.24) is 9.78 Å². The van der Waals surface area contributed by atoms with Crippen molar-refractivity contribution in [1.29, 1.82) is 5.26 Å². The number of amides is 1. The summed E-state index contributed by atoms with van der Waals surface area (Å²) in [6.45, 7) is 3.83. The Bertz CT molecular complexity index is 1000. The van der Waals surface area contributed by atoms with Gasteiger partial charge in [0.2, 0.25) is 5.91 Å². The van der Waals surface area contributed by atoms with Gasteiger partial charge in [0.15, 0.2) is 0 Å². The first-order valence-electron chi connectivity index (χ1n) is 8.09. The summed E-state index contributed by atoms with van der Waals surface area (Å²) in [5.41, 5.74) is 4.60. The zero-order chi connectivity index (χ0) is 18.7. The highest BCUT2D eigenvalue weighted by molar-refractivity contribution is 6.30. The Morgan fingerprint density at radius 3 is 2.65 bits per heavy atom. The quantitative estimate of drug-likeness (QED) is 0.754. The number of hydrogen-bond acceptors (Lipinski definition) is 3. The van der Waals surface area contributed by atoms with Gasteiger partial charge in [-0.3, -0.25) is 4.79 Å². The van der Waals surface area contributed by atoms with Crippen LogP contribution in [0.2, 0.25) is 5.02 Å². The van der Waals surface area contributed by atoms with Crippen LogP contribution in [0.15, 0.2) is 48.5 Å². The number of anilines is 1. The third kappa shape index (κ3) is 3.76. The van der Waals surface area contributed by atoms with Crippen molar-refractivity contribution in [2.45, 2.75) is 20.3 Å². The third-order valence-corrected chi connectivity index (χ3v) is 4.38. The minimum Gasteiger partial charge on any atom is -0.326 e. The average Bonchev–Trinajstić information content (AvgIpc) is 2.90. The topological polar surface area (TPSA) is 70.7 Å². The summed E-state index contributed by atoms with van der Waals surface area (Å²) >= 11 is 5.94. The van der Waals surface area contributed by atoms with E-state index in [0.29, 0.717) is 16.3 Å². The maximum Gasteiger partial charge on any atom is 0.228 e. The van der Waals surface area contributed by atoms with E-state index in [4.69, 9.17) is 16.9 Å². The highest BCUT2D eigenvalue weighted by atomic mass is 35.5. The monoisotopic (exact) mass is 364 g/mol. The standard InChI is InChI=1S/C20H17ClN4O/c1-13-19(11-20(26)23-17-5-3-4-15(10-17)12-22)14(2)25(24-13)18-8-6-16(21)7-9-18/h3-10H,11H2,1-2H3,(H,23,26). The number of nitriles is 1. The van der Waals surface area contributed by atoms with E-state index in [1.807, 2.05) is 42.8 Å². The lowest BCUT2D eigenvalue weighted by Gasteiger charge is -2.07. The molecule has 130 valence electrons. The average molecular weight is 365 g/mol. The molecule has 0 aliphatic carbocycles. The third-order valence-electron chi connectivity index (χ3n) is 4.13. The summed E-state index contributed by atoms with van der Waals surface area (Å²) in [5, 5.41) is 17.0. The molecule has 5 nitrogen and oxygen atoms in total. The van der Waals surface area contributed by atoms with Crippen LogP contribution in [-0.2, 0) is 11.2 Å².